The first kappa shape index (κ1) is 27.5. The van der Waals surface area contributed by atoms with Crippen LogP contribution < -0.4 is 10.6 Å². The zero-order chi connectivity index (χ0) is 27.4. The summed E-state index contributed by atoms with van der Waals surface area (Å²) in [5, 5.41) is 20.9. The maximum absolute atomic E-state index is 13.1. The Morgan fingerprint density at radius 2 is 2.03 bits per heavy atom. The van der Waals surface area contributed by atoms with Crippen molar-refractivity contribution in [2.75, 3.05) is 6.54 Å². The van der Waals surface area contributed by atoms with E-state index in [4.69, 9.17) is 5.41 Å². The highest BCUT2D eigenvalue weighted by Crippen LogP contribution is 2.37. The minimum atomic E-state index is -4.39. The number of aryl methyl sites for hydroxylation is 1. The Kier molecular flexibility index (Phi) is 8.32. The zero-order valence-corrected chi connectivity index (χ0v) is 21.3. The van der Waals surface area contributed by atoms with Crippen molar-refractivity contribution >= 4 is 23.6 Å². The minimum Gasteiger partial charge on any atom is -0.355 e. The SMILES string of the molecule is Cc1nonc1C(=O)N[C@H](c1cnc(/C=C\C(=N)CC2C[C@@H](C(F)(F)F)CNC2=O)[nH]1)C1CCC(C)CC1. The molecule has 2 aromatic rings. The highest BCUT2D eigenvalue weighted by molar-refractivity contribution is 5.98. The van der Waals surface area contributed by atoms with Gasteiger partial charge in [0.2, 0.25) is 5.91 Å². The predicted octanol–water partition coefficient (Wildman–Crippen LogP) is 4.14. The third-order valence-corrected chi connectivity index (χ3v) is 7.47. The third kappa shape index (κ3) is 6.67. The van der Waals surface area contributed by atoms with Crippen LogP contribution in [0.4, 0.5) is 13.2 Å². The van der Waals surface area contributed by atoms with Gasteiger partial charge in [-0.05, 0) is 55.3 Å². The van der Waals surface area contributed by atoms with Gasteiger partial charge >= 0.3 is 6.18 Å². The average Bonchev–Trinajstić information content (AvgIpc) is 3.51. The van der Waals surface area contributed by atoms with E-state index in [9.17, 15) is 22.8 Å². The number of alkyl halides is 3. The summed E-state index contributed by atoms with van der Waals surface area (Å²) in [5.41, 5.74) is 1.22. The molecular weight excluding hydrogens is 503 g/mol. The summed E-state index contributed by atoms with van der Waals surface area (Å²) >= 11 is 0. The molecule has 1 saturated carbocycles. The van der Waals surface area contributed by atoms with Crippen molar-refractivity contribution in [3.8, 4) is 0 Å². The summed E-state index contributed by atoms with van der Waals surface area (Å²) in [6.07, 6.45) is 3.72. The quantitative estimate of drug-likeness (QED) is 0.373. The number of piperidine rings is 1. The molecule has 2 aliphatic rings. The van der Waals surface area contributed by atoms with Crippen molar-refractivity contribution in [1.82, 2.24) is 30.9 Å². The third-order valence-electron chi connectivity index (χ3n) is 7.47. The molecule has 0 aromatic carbocycles. The number of aromatic amines is 1. The number of imidazole rings is 1. The van der Waals surface area contributed by atoms with Gasteiger partial charge in [0, 0.05) is 24.6 Å². The van der Waals surface area contributed by atoms with Gasteiger partial charge in [-0.25, -0.2) is 9.61 Å². The molecule has 4 N–H and O–H groups in total. The highest BCUT2D eigenvalue weighted by Gasteiger charge is 2.44. The van der Waals surface area contributed by atoms with Crippen LogP contribution in [0.25, 0.3) is 6.08 Å². The van der Waals surface area contributed by atoms with Gasteiger partial charge in [0.25, 0.3) is 5.91 Å². The molecule has 2 amide bonds. The highest BCUT2D eigenvalue weighted by atomic mass is 19.4. The molecule has 10 nitrogen and oxygen atoms in total. The summed E-state index contributed by atoms with van der Waals surface area (Å²) in [6, 6.07) is -0.356. The molecule has 1 aliphatic heterocycles. The van der Waals surface area contributed by atoms with Crippen molar-refractivity contribution < 1.29 is 27.4 Å². The Labute approximate surface area is 217 Å². The molecular formula is C25H32F3N7O3. The topological polar surface area (TPSA) is 150 Å². The van der Waals surface area contributed by atoms with E-state index in [1.54, 1.807) is 19.2 Å². The number of nitrogens with one attached hydrogen (secondary N) is 4. The van der Waals surface area contributed by atoms with Crippen LogP contribution in [0.1, 0.15) is 79.2 Å². The Balaban J connectivity index is 1.43. The van der Waals surface area contributed by atoms with Gasteiger partial charge < -0.3 is 21.0 Å². The lowest BCUT2D eigenvalue weighted by Gasteiger charge is -2.32. The maximum Gasteiger partial charge on any atom is 0.393 e. The molecule has 2 aromatic heterocycles. The fourth-order valence-electron chi connectivity index (χ4n) is 5.15. The number of hydrogen-bond acceptors (Lipinski definition) is 7. The van der Waals surface area contributed by atoms with Gasteiger partial charge in [-0.2, -0.15) is 13.2 Å². The molecule has 2 fully saturated rings. The van der Waals surface area contributed by atoms with E-state index < -0.39 is 36.4 Å². The van der Waals surface area contributed by atoms with E-state index in [0.29, 0.717) is 23.1 Å². The van der Waals surface area contributed by atoms with Crippen LogP contribution >= 0.6 is 0 Å². The number of halogens is 3. The number of carbonyl (C=O) groups is 2. The summed E-state index contributed by atoms with van der Waals surface area (Å²) < 4.78 is 43.9. The van der Waals surface area contributed by atoms with Crippen molar-refractivity contribution in [3.05, 3.63) is 35.2 Å². The van der Waals surface area contributed by atoms with E-state index >= 15 is 0 Å². The first-order chi connectivity index (χ1) is 18.0. The van der Waals surface area contributed by atoms with E-state index in [1.165, 1.54) is 6.08 Å². The molecule has 13 heteroatoms. The lowest BCUT2D eigenvalue weighted by molar-refractivity contribution is -0.183. The zero-order valence-electron chi connectivity index (χ0n) is 21.3. The van der Waals surface area contributed by atoms with Crippen LogP contribution in [0.2, 0.25) is 0 Å². The smallest absolute Gasteiger partial charge is 0.355 e. The second kappa shape index (κ2) is 11.5. The number of amides is 2. The van der Waals surface area contributed by atoms with Crippen LogP contribution in [0.3, 0.4) is 0 Å². The van der Waals surface area contributed by atoms with Gasteiger partial charge in [0.1, 0.15) is 11.5 Å². The Hall–Kier alpha value is -3.51. The Bertz CT molecular complexity index is 1180. The summed E-state index contributed by atoms with van der Waals surface area (Å²) in [4.78, 5) is 32.5. The molecule has 1 aliphatic carbocycles. The predicted molar refractivity (Wildman–Crippen MR) is 131 cm³/mol. The fraction of sp³-hybridized carbons (Fsp3) is 0.600. The van der Waals surface area contributed by atoms with Crippen LogP contribution in [0.5, 0.6) is 0 Å². The first-order valence-electron chi connectivity index (χ1n) is 12.8. The van der Waals surface area contributed by atoms with E-state index in [1.807, 2.05) is 0 Å². The second-order valence-electron chi connectivity index (χ2n) is 10.4. The van der Waals surface area contributed by atoms with Crippen molar-refractivity contribution in [2.45, 2.75) is 64.6 Å². The number of nitrogens with zero attached hydrogens (tertiary/aromatic N) is 3. The molecule has 0 radical (unpaired) electrons. The summed E-state index contributed by atoms with van der Waals surface area (Å²) in [7, 11) is 0. The van der Waals surface area contributed by atoms with Gasteiger partial charge in [0.15, 0.2) is 5.69 Å². The molecule has 0 bridgehead atoms. The van der Waals surface area contributed by atoms with Crippen molar-refractivity contribution in [3.63, 3.8) is 0 Å². The van der Waals surface area contributed by atoms with E-state index in [2.05, 4.69) is 42.5 Å². The first-order valence-corrected chi connectivity index (χ1v) is 12.8. The number of H-pyrrole nitrogens is 1. The molecule has 3 heterocycles. The second-order valence-corrected chi connectivity index (χ2v) is 10.4. The van der Waals surface area contributed by atoms with Gasteiger partial charge in [-0.15, -0.1) is 0 Å². The van der Waals surface area contributed by atoms with Crippen LogP contribution in [0, 0.1) is 36.0 Å². The molecule has 4 rings (SSSR count). The summed E-state index contributed by atoms with van der Waals surface area (Å²) in [5.74, 6) is -2.17. The van der Waals surface area contributed by atoms with Crippen LogP contribution in [0.15, 0.2) is 16.9 Å². The molecule has 0 spiro atoms. The largest absolute Gasteiger partial charge is 0.393 e. The van der Waals surface area contributed by atoms with Crippen LogP contribution in [-0.4, -0.2) is 50.5 Å². The van der Waals surface area contributed by atoms with Gasteiger partial charge in [-0.1, -0.05) is 24.9 Å². The maximum atomic E-state index is 13.1. The standard InChI is InChI=1S/C25H32F3N7O3/c1-13-3-5-15(6-4-13)22(33-24(37)21-14(2)34-38-35-21)19-12-30-20(32-19)8-7-18(29)10-16-9-17(25(26,27)28)11-31-23(16)36/h7-8,12-13,15-17,22,29H,3-6,9-11H2,1-2H3,(H,30,32)(H,31,36)(H,33,37)/b8-7-,29-18?/t13?,15?,16?,17-,22+/m1/s1. The number of hydrogen-bond donors (Lipinski definition) is 4. The van der Waals surface area contributed by atoms with E-state index in [0.717, 1.165) is 25.7 Å². The number of aromatic nitrogens is 4. The fourth-order valence-corrected chi connectivity index (χ4v) is 5.15. The monoisotopic (exact) mass is 535 g/mol. The number of rotatable bonds is 8. The Morgan fingerprint density at radius 1 is 1.29 bits per heavy atom. The molecule has 3 atom stereocenters. The van der Waals surface area contributed by atoms with Crippen LogP contribution in [-0.2, 0) is 4.79 Å². The lowest BCUT2D eigenvalue weighted by Crippen LogP contribution is -2.46. The minimum absolute atomic E-state index is 0.0195. The van der Waals surface area contributed by atoms with E-state index in [-0.39, 0.29) is 36.2 Å². The lowest BCUT2D eigenvalue weighted by atomic mass is 9.78. The average molecular weight is 536 g/mol. The van der Waals surface area contributed by atoms with Crippen molar-refractivity contribution in [1.29, 1.82) is 5.41 Å². The molecule has 38 heavy (non-hydrogen) atoms. The normalized spacial score (nSPS) is 25.2. The van der Waals surface area contributed by atoms with Gasteiger partial charge in [0.05, 0.1) is 23.9 Å². The molecule has 1 unspecified atom stereocenters. The van der Waals surface area contributed by atoms with Crippen molar-refractivity contribution in [2.24, 2.45) is 23.7 Å². The molecule has 206 valence electrons. The summed E-state index contributed by atoms with van der Waals surface area (Å²) in [6.45, 7) is 3.42. The van der Waals surface area contributed by atoms with Gasteiger partial charge in [-0.3, -0.25) is 9.59 Å². The Morgan fingerprint density at radius 3 is 2.68 bits per heavy atom. The number of allylic oxidation sites excluding steroid dienone is 1. The molecule has 1 saturated heterocycles. The number of carbonyl (C=O) groups excluding carboxylic acids is 2.